The van der Waals surface area contributed by atoms with E-state index < -0.39 is 88.8 Å². The largest absolute Gasteiger partial charge is 0.507 e. The van der Waals surface area contributed by atoms with Crippen LogP contribution in [0.2, 0.25) is 0 Å². The van der Waals surface area contributed by atoms with Crippen LogP contribution in [0, 0.1) is 30.6 Å². The quantitative estimate of drug-likeness (QED) is 0.143. The van der Waals surface area contributed by atoms with E-state index in [9.17, 15) is 39.9 Å². The maximum absolute atomic E-state index is 13.9. The van der Waals surface area contributed by atoms with Crippen molar-refractivity contribution >= 4 is 34.1 Å². The Morgan fingerprint density at radius 1 is 0.940 bits per heavy atom. The van der Waals surface area contributed by atoms with Gasteiger partial charge in [0.1, 0.15) is 23.4 Å². The van der Waals surface area contributed by atoms with Crippen LogP contribution in [0.1, 0.15) is 64.4 Å². The van der Waals surface area contributed by atoms with Gasteiger partial charge in [-0.05, 0) is 19.9 Å². The number of aliphatic hydroxyl groups excluding tert-OH is 2. The predicted octanol–water partition coefficient (Wildman–Crippen LogP) is 4.75. The van der Waals surface area contributed by atoms with Crippen LogP contribution in [0.5, 0.6) is 23.0 Å². The molecular formula is C37H47NO12. The lowest BCUT2D eigenvalue weighted by atomic mass is 9.78. The number of aliphatic hydroxyl groups is 2. The molecule has 2 aromatic rings. The second-order valence-corrected chi connectivity index (χ2v) is 13.4. The second-order valence-electron chi connectivity index (χ2n) is 13.4. The van der Waals surface area contributed by atoms with Crippen molar-refractivity contribution in [3.05, 3.63) is 53.3 Å². The summed E-state index contributed by atoms with van der Waals surface area (Å²) in [5.41, 5.74) is -0.0929. The zero-order valence-corrected chi connectivity index (χ0v) is 29.7. The first kappa shape index (κ1) is 38.2. The molecule has 0 spiro atoms. The molecule has 0 saturated heterocycles. The molecular weight excluding hydrogens is 650 g/mol. The van der Waals surface area contributed by atoms with Crippen LogP contribution >= 0.6 is 0 Å². The van der Waals surface area contributed by atoms with Gasteiger partial charge in [-0.2, -0.15) is 0 Å². The Morgan fingerprint density at radius 3 is 2.22 bits per heavy atom. The standard InChI is InChI=1S/C37H47NO12/c1-16-11-10-12-17(2)36(46)38-23-15-24(40)26-27(32(23)44)31(43)21(6)34-28(26)35(45)37(8,50-34)48-14-13-25(47-9)18(3)33(49-22(7)39)20(5)30(42)19(4)29(16)41/h10-16,18-20,25,29-30,33,40-44H,1-9H3,(H,38,46)/b11-10-,14-13-,17-12-/t16-,18+,19-,20-,25+,29+,30-,33+,37+/m0/s1. The van der Waals surface area contributed by atoms with Crippen molar-refractivity contribution < 1.29 is 58.9 Å². The van der Waals surface area contributed by atoms with Crippen LogP contribution in [0.25, 0.3) is 10.8 Å². The minimum absolute atomic E-state index is 0.0709. The summed E-state index contributed by atoms with van der Waals surface area (Å²) in [4.78, 5) is 39.2. The van der Waals surface area contributed by atoms with Gasteiger partial charge in [0.05, 0.1) is 41.2 Å². The third kappa shape index (κ3) is 7.03. The van der Waals surface area contributed by atoms with E-state index in [1.54, 1.807) is 39.8 Å². The van der Waals surface area contributed by atoms with Gasteiger partial charge < -0.3 is 49.8 Å². The molecule has 0 aliphatic carbocycles. The summed E-state index contributed by atoms with van der Waals surface area (Å²) in [5.74, 6) is -7.99. The first-order chi connectivity index (χ1) is 23.4. The third-order valence-electron chi connectivity index (χ3n) is 9.84. The van der Waals surface area contributed by atoms with Crippen molar-refractivity contribution in [3.8, 4) is 23.0 Å². The number of phenolic OH excluding ortho intramolecular Hbond substituents is 3. The number of anilines is 1. The Hall–Kier alpha value is -4.59. The number of phenols is 3. The van der Waals surface area contributed by atoms with Gasteiger partial charge in [-0.15, -0.1) is 0 Å². The number of carbonyl (C=O) groups is 3. The molecule has 13 heteroatoms. The number of allylic oxidation sites excluding steroid dienone is 2. The predicted molar refractivity (Wildman–Crippen MR) is 184 cm³/mol. The van der Waals surface area contributed by atoms with Crippen LogP contribution < -0.4 is 10.1 Å². The normalized spacial score (nSPS) is 33.2. The molecule has 1 amide bonds. The number of rotatable bonds is 2. The summed E-state index contributed by atoms with van der Waals surface area (Å²) in [5, 5.41) is 58.2. The number of hydrogen-bond acceptors (Lipinski definition) is 12. The lowest BCUT2D eigenvalue weighted by molar-refractivity contribution is -0.160. The van der Waals surface area contributed by atoms with Gasteiger partial charge >= 0.3 is 11.8 Å². The Bertz CT molecular complexity index is 1760. The molecule has 272 valence electrons. The highest BCUT2D eigenvalue weighted by atomic mass is 16.7. The van der Waals surface area contributed by atoms with Gasteiger partial charge in [0.25, 0.3) is 11.7 Å². The van der Waals surface area contributed by atoms with Gasteiger partial charge in [0.2, 0.25) is 0 Å². The van der Waals surface area contributed by atoms with Crippen LogP contribution in [0.4, 0.5) is 5.69 Å². The van der Waals surface area contributed by atoms with Crippen molar-refractivity contribution in [2.24, 2.45) is 23.7 Å². The van der Waals surface area contributed by atoms with Gasteiger partial charge in [-0.1, -0.05) is 45.9 Å². The fourth-order valence-corrected chi connectivity index (χ4v) is 6.65. The fraction of sp³-hybridized carbons (Fsp3) is 0.486. The highest BCUT2D eigenvalue weighted by molar-refractivity contribution is 6.21. The molecule has 5 bridgehead atoms. The van der Waals surface area contributed by atoms with E-state index in [2.05, 4.69) is 5.32 Å². The Morgan fingerprint density at radius 2 is 1.60 bits per heavy atom. The zero-order valence-electron chi connectivity index (χ0n) is 29.7. The topological polar surface area (TPSA) is 201 Å². The number of fused-ring (bicyclic) bond motifs is 14. The molecule has 5 rings (SSSR count). The molecule has 2 aromatic carbocycles. The highest BCUT2D eigenvalue weighted by Gasteiger charge is 2.49. The number of esters is 1. The monoisotopic (exact) mass is 697 g/mol. The second kappa shape index (κ2) is 14.7. The molecule has 13 nitrogen and oxygen atoms in total. The number of Topliss-reactive ketones (excluding diaryl/α,β-unsaturated/α-hetero) is 1. The molecule has 3 heterocycles. The van der Waals surface area contributed by atoms with Crippen molar-refractivity contribution in [2.45, 2.75) is 85.6 Å². The lowest BCUT2D eigenvalue weighted by Crippen LogP contribution is -2.46. The van der Waals surface area contributed by atoms with Crippen molar-refractivity contribution in [1.82, 2.24) is 0 Å². The summed E-state index contributed by atoms with van der Waals surface area (Å²) in [6, 6.07) is 1.06. The molecule has 0 saturated carbocycles. The van der Waals surface area contributed by atoms with E-state index in [1.165, 1.54) is 53.2 Å². The van der Waals surface area contributed by atoms with Crippen LogP contribution in [-0.2, 0) is 23.8 Å². The Labute approximate surface area is 290 Å². The Balaban J connectivity index is 1.87. The Kier molecular flexibility index (Phi) is 11.2. The number of hydrogen-bond donors (Lipinski definition) is 6. The van der Waals surface area contributed by atoms with Gasteiger partial charge in [0.15, 0.2) is 5.75 Å². The minimum atomic E-state index is -1.98. The van der Waals surface area contributed by atoms with Crippen molar-refractivity contribution in [1.29, 1.82) is 0 Å². The number of benzene rings is 2. The number of ether oxygens (including phenoxy) is 4. The van der Waals surface area contributed by atoms with E-state index in [0.29, 0.717) is 0 Å². The summed E-state index contributed by atoms with van der Waals surface area (Å²) in [6.45, 7) is 12.5. The van der Waals surface area contributed by atoms with Gasteiger partial charge in [-0.25, -0.2) is 0 Å². The number of carbonyl (C=O) groups excluding carboxylic acids is 3. The molecule has 6 N–H and O–H groups in total. The number of nitrogens with one attached hydrogen (secondary N) is 1. The minimum Gasteiger partial charge on any atom is -0.507 e. The lowest BCUT2D eigenvalue weighted by Gasteiger charge is -2.38. The van der Waals surface area contributed by atoms with Crippen LogP contribution in [0.3, 0.4) is 0 Å². The van der Waals surface area contributed by atoms with E-state index in [1.807, 2.05) is 0 Å². The molecule has 9 atom stereocenters. The van der Waals surface area contributed by atoms with Gasteiger partial charge in [0, 0.05) is 67.2 Å². The third-order valence-corrected chi connectivity index (χ3v) is 9.84. The summed E-state index contributed by atoms with van der Waals surface area (Å²) in [6.07, 6.45) is 3.62. The maximum atomic E-state index is 13.9. The fourth-order valence-electron chi connectivity index (χ4n) is 6.65. The average molecular weight is 698 g/mol. The average Bonchev–Trinajstić information content (AvgIpc) is 3.33. The van der Waals surface area contributed by atoms with Crippen LogP contribution in [-0.4, -0.2) is 80.5 Å². The SMILES string of the molecule is CO[C@@H]1/C=C\O[C@]2(C)Oc3c(C)c(O)c4c(O)c(cc(O)c4c3C2=O)NC(=O)/C(C)=C\C=C/[C@H](C)[C@@H](O)[C@H](C)[C@H](O)[C@H](C)[C@H](OC(C)=O)[C@@H]1C. The number of aromatic hydroxyl groups is 3. The number of methoxy groups -OCH3 is 1. The molecule has 0 radical (unpaired) electrons. The number of amides is 1. The van der Waals surface area contributed by atoms with Gasteiger partial charge in [-0.3, -0.25) is 14.4 Å². The van der Waals surface area contributed by atoms with E-state index >= 15 is 0 Å². The molecule has 0 aromatic heterocycles. The molecule has 0 fully saturated rings. The number of ketones is 1. The zero-order chi connectivity index (χ0) is 37.4. The molecule has 3 aliphatic heterocycles. The smallest absolute Gasteiger partial charge is 0.312 e. The summed E-state index contributed by atoms with van der Waals surface area (Å²) >= 11 is 0. The summed E-state index contributed by atoms with van der Waals surface area (Å²) < 4.78 is 23.2. The molecule has 3 aliphatic rings. The van der Waals surface area contributed by atoms with E-state index in [4.69, 9.17) is 18.9 Å². The molecule has 0 unspecified atom stereocenters. The first-order valence-corrected chi connectivity index (χ1v) is 16.4. The van der Waals surface area contributed by atoms with Crippen molar-refractivity contribution in [3.63, 3.8) is 0 Å². The van der Waals surface area contributed by atoms with Crippen molar-refractivity contribution in [2.75, 3.05) is 12.4 Å². The van der Waals surface area contributed by atoms with E-state index in [-0.39, 0.29) is 38.9 Å². The summed E-state index contributed by atoms with van der Waals surface area (Å²) in [7, 11) is 1.43. The highest BCUT2D eigenvalue weighted by Crippen LogP contribution is 2.53. The first-order valence-electron chi connectivity index (χ1n) is 16.4. The van der Waals surface area contributed by atoms with Crippen LogP contribution in [0.15, 0.2) is 42.2 Å². The maximum Gasteiger partial charge on any atom is 0.312 e. The molecule has 50 heavy (non-hydrogen) atoms. The van der Waals surface area contributed by atoms with E-state index in [0.717, 1.165) is 6.07 Å².